The number of hydrogen-bond donors (Lipinski definition) is 1. The number of imide groups is 2. The predicted octanol–water partition coefficient (Wildman–Crippen LogP) is 1.12. The third-order valence-electron chi connectivity index (χ3n) is 6.97. The first-order chi connectivity index (χ1) is 17.3. The zero-order valence-corrected chi connectivity index (χ0v) is 20.2. The molecule has 2 saturated heterocycles. The van der Waals surface area contributed by atoms with Crippen molar-refractivity contribution < 1.29 is 24.0 Å². The number of hydrogen-bond acceptors (Lipinski definition) is 7. The van der Waals surface area contributed by atoms with Crippen LogP contribution < -0.4 is 15.1 Å². The van der Waals surface area contributed by atoms with E-state index in [1.54, 1.807) is 23.1 Å². The molecule has 0 spiro atoms. The topological polar surface area (TPSA) is 110 Å². The maximum absolute atomic E-state index is 13.4. The van der Waals surface area contributed by atoms with Crippen LogP contribution in [0.2, 0.25) is 0 Å². The molecule has 0 saturated carbocycles. The highest BCUT2D eigenvalue weighted by atomic mass is 16.2. The smallest absolute Gasteiger partial charge is 0.264 e. The Morgan fingerprint density at radius 3 is 2.33 bits per heavy atom. The van der Waals surface area contributed by atoms with Gasteiger partial charge in [-0.15, -0.1) is 0 Å². The zero-order chi connectivity index (χ0) is 25.6. The molecule has 2 aromatic carbocycles. The van der Waals surface area contributed by atoms with Gasteiger partial charge in [0, 0.05) is 52.4 Å². The Morgan fingerprint density at radius 1 is 0.917 bits per heavy atom. The molecule has 5 rings (SSSR count). The summed E-state index contributed by atoms with van der Waals surface area (Å²) < 4.78 is 0. The van der Waals surface area contributed by atoms with E-state index in [2.05, 4.69) is 5.32 Å². The lowest BCUT2D eigenvalue weighted by atomic mass is 10.0. The second-order valence-corrected chi connectivity index (χ2v) is 9.34. The fraction of sp³-hybridized carbons (Fsp3) is 0.346. The average molecular weight is 490 g/mol. The fourth-order valence-corrected chi connectivity index (χ4v) is 5.13. The van der Waals surface area contributed by atoms with Crippen LogP contribution in [0.1, 0.15) is 43.9 Å². The van der Waals surface area contributed by atoms with Gasteiger partial charge < -0.3 is 14.7 Å². The van der Waals surface area contributed by atoms with Crippen molar-refractivity contribution in [3.05, 3.63) is 59.2 Å². The Labute approximate surface area is 208 Å². The van der Waals surface area contributed by atoms with Gasteiger partial charge in [0.1, 0.15) is 6.04 Å². The molecule has 0 bridgehead atoms. The van der Waals surface area contributed by atoms with E-state index in [-0.39, 0.29) is 29.9 Å². The Morgan fingerprint density at radius 2 is 1.64 bits per heavy atom. The van der Waals surface area contributed by atoms with Crippen LogP contribution in [0.4, 0.5) is 11.4 Å². The minimum absolute atomic E-state index is 0.0486. The van der Waals surface area contributed by atoms with E-state index < -0.39 is 29.7 Å². The molecule has 1 atom stereocenters. The number of piperazine rings is 1. The van der Waals surface area contributed by atoms with E-state index in [0.29, 0.717) is 37.4 Å². The van der Waals surface area contributed by atoms with Crippen molar-refractivity contribution in [2.45, 2.75) is 18.9 Å². The van der Waals surface area contributed by atoms with E-state index in [4.69, 9.17) is 0 Å². The molecule has 2 fully saturated rings. The number of para-hydroxylation sites is 1. The van der Waals surface area contributed by atoms with Crippen molar-refractivity contribution in [3.63, 3.8) is 0 Å². The maximum atomic E-state index is 13.4. The number of piperidine rings is 1. The Kier molecular flexibility index (Phi) is 5.95. The lowest BCUT2D eigenvalue weighted by Crippen LogP contribution is -2.54. The van der Waals surface area contributed by atoms with E-state index in [1.807, 2.05) is 48.2 Å². The van der Waals surface area contributed by atoms with E-state index >= 15 is 0 Å². The van der Waals surface area contributed by atoms with Crippen LogP contribution in [-0.4, -0.2) is 85.7 Å². The number of amides is 5. The third kappa shape index (κ3) is 3.88. The van der Waals surface area contributed by atoms with Gasteiger partial charge in [-0.3, -0.25) is 34.2 Å². The number of rotatable bonds is 4. The molecule has 0 aliphatic carbocycles. The van der Waals surface area contributed by atoms with Gasteiger partial charge in [0.05, 0.1) is 22.4 Å². The first-order valence-corrected chi connectivity index (χ1v) is 11.9. The summed E-state index contributed by atoms with van der Waals surface area (Å²) in [6.07, 6.45) is 0.185. The van der Waals surface area contributed by atoms with Crippen LogP contribution in [0.5, 0.6) is 0 Å². The standard InChI is InChI=1S/C26H27N5O5/c1-28(2)18-8-4-3-6-16(18)24(34)30-14-12-29(13-15-30)19-9-5-7-17-22(19)26(36)31(25(17)35)20-10-11-21(32)27-23(20)33/h3-9,20H,10-15H2,1-2H3,(H,27,32,33). The molecule has 3 aliphatic heterocycles. The van der Waals surface area contributed by atoms with Crippen LogP contribution >= 0.6 is 0 Å². The largest absolute Gasteiger partial charge is 0.377 e. The van der Waals surface area contributed by atoms with Crippen LogP contribution in [0.15, 0.2) is 42.5 Å². The summed E-state index contributed by atoms with van der Waals surface area (Å²) in [5, 5.41) is 2.22. The molecular formula is C26H27N5O5. The quantitative estimate of drug-likeness (QED) is 0.641. The van der Waals surface area contributed by atoms with Crippen LogP contribution in [0, 0.1) is 0 Å². The summed E-state index contributed by atoms with van der Waals surface area (Å²) in [5.41, 5.74) is 2.62. The van der Waals surface area contributed by atoms with Crippen molar-refractivity contribution in [3.8, 4) is 0 Å². The molecule has 0 aromatic heterocycles. The number of carbonyl (C=O) groups is 5. The minimum Gasteiger partial charge on any atom is -0.377 e. The highest BCUT2D eigenvalue weighted by molar-refractivity contribution is 6.25. The summed E-state index contributed by atoms with van der Waals surface area (Å²) in [4.78, 5) is 70.4. The number of benzene rings is 2. The monoisotopic (exact) mass is 489 g/mol. The molecule has 5 amide bonds. The summed E-state index contributed by atoms with van der Waals surface area (Å²) in [6.45, 7) is 1.91. The molecule has 3 aliphatic rings. The minimum atomic E-state index is -1.01. The first-order valence-electron chi connectivity index (χ1n) is 11.9. The van der Waals surface area contributed by atoms with Gasteiger partial charge in [0.15, 0.2) is 0 Å². The highest BCUT2D eigenvalue weighted by Crippen LogP contribution is 2.34. The lowest BCUT2D eigenvalue weighted by Gasteiger charge is -2.37. The number of carbonyl (C=O) groups excluding carboxylic acids is 5. The molecule has 186 valence electrons. The lowest BCUT2D eigenvalue weighted by molar-refractivity contribution is -0.136. The molecule has 1 N–H and O–H groups in total. The van der Waals surface area contributed by atoms with Gasteiger partial charge >= 0.3 is 0 Å². The molecule has 3 heterocycles. The van der Waals surface area contributed by atoms with Crippen molar-refractivity contribution in [1.82, 2.24) is 15.1 Å². The Hall–Kier alpha value is -4.21. The van der Waals surface area contributed by atoms with E-state index in [1.165, 1.54) is 0 Å². The number of nitrogens with one attached hydrogen (secondary N) is 1. The third-order valence-corrected chi connectivity index (χ3v) is 6.97. The fourth-order valence-electron chi connectivity index (χ4n) is 5.13. The number of fused-ring (bicyclic) bond motifs is 1. The van der Waals surface area contributed by atoms with Crippen molar-refractivity contribution in [2.75, 3.05) is 50.1 Å². The van der Waals surface area contributed by atoms with Crippen LogP contribution in [0.25, 0.3) is 0 Å². The van der Waals surface area contributed by atoms with Gasteiger partial charge in [-0.05, 0) is 30.7 Å². The summed E-state index contributed by atoms with van der Waals surface area (Å²) in [5.74, 6) is -2.15. The predicted molar refractivity (Wildman–Crippen MR) is 132 cm³/mol. The van der Waals surface area contributed by atoms with Gasteiger partial charge in [-0.1, -0.05) is 18.2 Å². The summed E-state index contributed by atoms with van der Waals surface area (Å²) >= 11 is 0. The number of nitrogens with zero attached hydrogens (tertiary/aromatic N) is 4. The van der Waals surface area contributed by atoms with Crippen molar-refractivity contribution in [2.24, 2.45) is 0 Å². The second-order valence-electron chi connectivity index (χ2n) is 9.34. The molecule has 36 heavy (non-hydrogen) atoms. The normalized spacial score (nSPS) is 19.9. The SMILES string of the molecule is CN(C)c1ccccc1C(=O)N1CCN(c2cccc3c2C(=O)N(C2CCC(=O)NC2=O)C3=O)CC1. The van der Waals surface area contributed by atoms with E-state index in [9.17, 15) is 24.0 Å². The highest BCUT2D eigenvalue weighted by Gasteiger charge is 2.46. The van der Waals surface area contributed by atoms with Crippen molar-refractivity contribution >= 4 is 40.9 Å². The van der Waals surface area contributed by atoms with Crippen LogP contribution in [0.3, 0.4) is 0 Å². The van der Waals surface area contributed by atoms with Crippen molar-refractivity contribution in [1.29, 1.82) is 0 Å². The molecule has 10 nitrogen and oxygen atoms in total. The second kappa shape index (κ2) is 9.10. The maximum Gasteiger partial charge on any atom is 0.264 e. The molecular weight excluding hydrogens is 462 g/mol. The zero-order valence-electron chi connectivity index (χ0n) is 20.2. The molecule has 0 radical (unpaired) electrons. The van der Waals surface area contributed by atoms with Crippen LogP contribution in [-0.2, 0) is 9.59 Å². The number of anilines is 2. The molecule has 2 aromatic rings. The average Bonchev–Trinajstić information content (AvgIpc) is 3.13. The van der Waals surface area contributed by atoms with Gasteiger partial charge in [0.25, 0.3) is 17.7 Å². The Bertz CT molecular complexity index is 1280. The van der Waals surface area contributed by atoms with E-state index in [0.717, 1.165) is 10.6 Å². The molecule has 1 unspecified atom stereocenters. The van der Waals surface area contributed by atoms with Gasteiger partial charge in [0.2, 0.25) is 11.8 Å². The Balaban J connectivity index is 1.34. The molecule has 10 heteroatoms. The van der Waals surface area contributed by atoms with Gasteiger partial charge in [-0.25, -0.2) is 0 Å². The summed E-state index contributed by atoms with van der Waals surface area (Å²) in [6, 6.07) is 11.6. The first kappa shape index (κ1) is 23.5. The summed E-state index contributed by atoms with van der Waals surface area (Å²) in [7, 11) is 3.80. The van der Waals surface area contributed by atoms with Gasteiger partial charge in [-0.2, -0.15) is 0 Å².